The Morgan fingerprint density at radius 1 is 1.33 bits per heavy atom. The molecule has 0 aliphatic rings. The monoisotopic (exact) mass is 353 g/mol. The van der Waals surface area contributed by atoms with Crippen LogP contribution in [0.1, 0.15) is 32.4 Å². The molecule has 0 saturated carbocycles. The van der Waals surface area contributed by atoms with E-state index in [1.807, 2.05) is 20.2 Å². The lowest BCUT2D eigenvalue weighted by molar-refractivity contribution is 0.541. The third-order valence-electron chi connectivity index (χ3n) is 3.22. The van der Waals surface area contributed by atoms with E-state index in [1.54, 1.807) is 10.9 Å². The van der Waals surface area contributed by atoms with Gasteiger partial charge in [0.05, 0.1) is 23.3 Å². The van der Waals surface area contributed by atoms with Crippen LogP contribution in [0.4, 0.5) is 11.4 Å². The van der Waals surface area contributed by atoms with Crippen LogP contribution in [-0.4, -0.2) is 19.6 Å². The van der Waals surface area contributed by atoms with Crippen LogP contribution in [0.5, 0.6) is 0 Å². The minimum atomic E-state index is -0.115. The van der Waals surface area contributed by atoms with Crippen molar-refractivity contribution in [3.05, 3.63) is 32.9 Å². The highest BCUT2D eigenvalue weighted by molar-refractivity contribution is 9.10. The second-order valence-electron chi connectivity index (χ2n) is 4.90. The lowest BCUT2D eigenvalue weighted by Crippen LogP contribution is -2.24. The number of aryl methyl sites for hydroxylation is 3. The molecule has 2 rings (SSSR count). The number of anilines is 2. The van der Waals surface area contributed by atoms with Gasteiger partial charge in [0.1, 0.15) is 4.47 Å². The zero-order valence-corrected chi connectivity index (χ0v) is 14.1. The van der Waals surface area contributed by atoms with E-state index in [0.717, 1.165) is 30.6 Å². The normalized spacial score (nSPS) is 10.9. The van der Waals surface area contributed by atoms with Crippen molar-refractivity contribution < 1.29 is 0 Å². The van der Waals surface area contributed by atoms with E-state index in [1.165, 1.54) is 4.68 Å². The number of nitrogens with zero attached hydrogens (tertiary/aromatic N) is 4. The van der Waals surface area contributed by atoms with E-state index >= 15 is 0 Å². The Kier molecular flexibility index (Phi) is 5.17. The van der Waals surface area contributed by atoms with Crippen LogP contribution in [0.15, 0.2) is 21.7 Å². The summed E-state index contributed by atoms with van der Waals surface area (Å²) in [5, 5.41) is 11.8. The zero-order valence-electron chi connectivity index (χ0n) is 12.6. The summed E-state index contributed by atoms with van der Waals surface area (Å²) in [6.07, 6.45) is 6.36. The largest absolute Gasteiger partial charge is 0.350 e. The van der Waals surface area contributed by atoms with Crippen LogP contribution in [0.25, 0.3) is 0 Å². The molecule has 0 aliphatic heterocycles. The van der Waals surface area contributed by atoms with E-state index in [-0.39, 0.29) is 5.56 Å². The Labute approximate surface area is 132 Å². The average Bonchev–Trinajstić information content (AvgIpc) is 2.83. The average molecular weight is 354 g/mol. The van der Waals surface area contributed by atoms with E-state index in [2.05, 4.69) is 38.4 Å². The summed E-state index contributed by atoms with van der Waals surface area (Å²) in [5.41, 5.74) is 2.40. The van der Waals surface area contributed by atoms with Gasteiger partial charge in [0.2, 0.25) is 0 Å². The van der Waals surface area contributed by atoms with Crippen LogP contribution >= 0.6 is 15.9 Å². The van der Waals surface area contributed by atoms with Gasteiger partial charge in [-0.2, -0.15) is 10.2 Å². The summed E-state index contributed by atoms with van der Waals surface area (Å²) >= 11 is 3.37. The molecule has 1 N–H and O–H groups in total. The number of halogens is 1. The van der Waals surface area contributed by atoms with Gasteiger partial charge in [-0.25, -0.2) is 4.68 Å². The van der Waals surface area contributed by atoms with Crippen LogP contribution in [0.3, 0.4) is 0 Å². The second-order valence-corrected chi connectivity index (χ2v) is 5.69. The minimum Gasteiger partial charge on any atom is -0.350 e. The third-order valence-corrected chi connectivity index (χ3v) is 3.98. The Morgan fingerprint density at radius 3 is 2.76 bits per heavy atom. The molecule has 0 unspecified atom stereocenters. The molecule has 6 nitrogen and oxygen atoms in total. The highest BCUT2D eigenvalue weighted by atomic mass is 79.9. The maximum Gasteiger partial charge on any atom is 0.283 e. The van der Waals surface area contributed by atoms with Gasteiger partial charge in [0, 0.05) is 19.8 Å². The van der Waals surface area contributed by atoms with E-state index in [4.69, 9.17) is 0 Å². The molecule has 2 aromatic heterocycles. The molecule has 0 aromatic carbocycles. The van der Waals surface area contributed by atoms with Gasteiger partial charge in [-0.15, -0.1) is 0 Å². The highest BCUT2D eigenvalue weighted by Crippen LogP contribution is 2.24. The molecule has 0 spiro atoms. The summed E-state index contributed by atoms with van der Waals surface area (Å²) in [4.78, 5) is 12.2. The molecule has 0 fully saturated rings. The predicted octanol–water partition coefficient (Wildman–Crippen LogP) is 2.85. The third kappa shape index (κ3) is 3.53. The minimum absolute atomic E-state index is 0.115. The first-order valence-corrected chi connectivity index (χ1v) is 7.91. The van der Waals surface area contributed by atoms with Crippen molar-refractivity contribution in [3.8, 4) is 0 Å². The van der Waals surface area contributed by atoms with Crippen LogP contribution in [0.2, 0.25) is 0 Å². The predicted molar refractivity (Wildman–Crippen MR) is 87.0 cm³/mol. The first kappa shape index (κ1) is 15.8. The van der Waals surface area contributed by atoms with Gasteiger partial charge >= 0.3 is 0 Å². The fourth-order valence-corrected chi connectivity index (χ4v) is 2.47. The van der Waals surface area contributed by atoms with Gasteiger partial charge in [0.15, 0.2) is 0 Å². The molecule has 0 radical (unpaired) electrons. The van der Waals surface area contributed by atoms with Crippen molar-refractivity contribution in [2.24, 2.45) is 7.05 Å². The SMILES string of the molecule is CCCCn1ncc(Nc2cn(C)nc2CC)c(Br)c1=O. The summed E-state index contributed by atoms with van der Waals surface area (Å²) in [6, 6.07) is 0. The molecule has 0 bridgehead atoms. The van der Waals surface area contributed by atoms with Crippen molar-refractivity contribution in [3.63, 3.8) is 0 Å². The fourth-order valence-electron chi connectivity index (χ4n) is 2.06. The van der Waals surface area contributed by atoms with Crippen LogP contribution in [-0.2, 0) is 20.0 Å². The molecular weight excluding hydrogens is 334 g/mol. The Bertz CT molecular complexity index is 676. The topological polar surface area (TPSA) is 64.7 Å². The summed E-state index contributed by atoms with van der Waals surface area (Å²) in [5.74, 6) is 0. The molecule has 21 heavy (non-hydrogen) atoms. The van der Waals surface area contributed by atoms with Crippen molar-refractivity contribution in [1.29, 1.82) is 0 Å². The molecule has 2 heterocycles. The number of rotatable bonds is 6. The second kappa shape index (κ2) is 6.89. The number of hydrogen-bond donors (Lipinski definition) is 1. The first-order chi connectivity index (χ1) is 10.1. The number of nitrogens with one attached hydrogen (secondary N) is 1. The molecule has 0 atom stereocenters. The van der Waals surface area contributed by atoms with Gasteiger partial charge < -0.3 is 5.32 Å². The summed E-state index contributed by atoms with van der Waals surface area (Å²) in [6.45, 7) is 4.77. The van der Waals surface area contributed by atoms with E-state index in [0.29, 0.717) is 16.7 Å². The number of aromatic nitrogens is 4. The quantitative estimate of drug-likeness (QED) is 0.866. The van der Waals surface area contributed by atoms with Crippen molar-refractivity contribution >= 4 is 27.3 Å². The number of hydrogen-bond acceptors (Lipinski definition) is 4. The lowest BCUT2D eigenvalue weighted by Gasteiger charge is -2.10. The lowest BCUT2D eigenvalue weighted by atomic mass is 10.3. The zero-order chi connectivity index (χ0) is 15.4. The Balaban J connectivity index is 2.28. The smallest absolute Gasteiger partial charge is 0.283 e. The van der Waals surface area contributed by atoms with Gasteiger partial charge in [0.25, 0.3) is 5.56 Å². The number of unbranched alkanes of at least 4 members (excludes halogenated alkanes) is 1. The van der Waals surface area contributed by atoms with Gasteiger partial charge in [-0.05, 0) is 28.8 Å². The molecule has 2 aromatic rings. The standard InChI is InChI=1S/C14H20BrN5O/c1-4-6-7-20-14(21)13(15)11(8-16-20)17-12-9-19(3)18-10(12)5-2/h8-9,17H,4-7H2,1-3H3. The van der Waals surface area contributed by atoms with Crippen LogP contribution < -0.4 is 10.9 Å². The van der Waals surface area contributed by atoms with Crippen molar-refractivity contribution in [1.82, 2.24) is 19.6 Å². The summed E-state index contributed by atoms with van der Waals surface area (Å²) < 4.78 is 3.74. The summed E-state index contributed by atoms with van der Waals surface area (Å²) in [7, 11) is 1.88. The molecule has 0 saturated heterocycles. The van der Waals surface area contributed by atoms with Crippen LogP contribution in [0, 0.1) is 0 Å². The van der Waals surface area contributed by atoms with Crippen molar-refractivity contribution in [2.75, 3.05) is 5.32 Å². The van der Waals surface area contributed by atoms with Gasteiger partial charge in [-0.3, -0.25) is 9.48 Å². The molecule has 114 valence electrons. The highest BCUT2D eigenvalue weighted by Gasteiger charge is 2.12. The van der Waals surface area contributed by atoms with Crippen molar-refractivity contribution in [2.45, 2.75) is 39.7 Å². The Morgan fingerprint density at radius 2 is 2.10 bits per heavy atom. The first-order valence-electron chi connectivity index (χ1n) is 7.12. The molecular formula is C14H20BrN5O. The molecule has 7 heteroatoms. The fraction of sp³-hybridized carbons (Fsp3) is 0.500. The maximum atomic E-state index is 12.2. The van der Waals surface area contributed by atoms with E-state index in [9.17, 15) is 4.79 Å². The molecule has 0 aliphatic carbocycles. The maximum absolute atomic E-state index is 12.2. The van der Waals surface area contributed by atoms with Gasteiger partial charge in [-0.1, -0.05) is 20.3 Å². The Hall–Kier alpha value is -1.63. The molecule has 0 amide bonds. The van der Waals surface area contributed by atoms with E-state index < -0.39 is 0 Å².